The molecule has 2 aliphatic rings. The van der Waals surface area contributed by atoms with Crippen molar-refractivity contribution in [2.75, 3.05) is 5.32 Å². The first-order valence-corrected chi connectivity index (χ1v) is 10.3. The van der Waals surface area contributed by atoms with Gasteiger partial charge < -0.3 is 10.1 Å². The van der Waals surface area contributed by atoms with Gasteiger partial charge in [-0.05, 0) is 36.1 Å². The van der Waals surface area contributed by atoms with Crippen LogP contribution in [0.15, 0.2) is 75.5 Å². The lowest BCUT2D eigenvalue weighted by Gasteiger charge is -2.32. The predicted octanol–water partition coefficient (Wildman–Crippen LogP) is 3.21. The fraction of sp³-hybridized carbons (Fsp3) is 0.208. The number of rotatable bonds is 4. The molecule has 7 nitrogen and oxygen atoms in total. The number of ketones is 1. The number of Topliss-reactive ketones (excluding diaryl/α,β-unsaturated/α-hetero) is 1. The van der Waals surface area contributed by atoms with E-state index in [2.05, 4.69) is 15.3 Å². The maximum absolute atomic E-state index is 12.9. The Morgan fingerprint density at radius 3 is 2.61 bits per heavy atom. The molecule has 1 aliphatic heterocycles. The van der Waals surface area contributed by atoms with E-state index >= 15 is 0 Å². The van der Waals surface area contributed by atoms with Gasteiger partial charge in [0.15, 0.2) is 5.78 Å². The molecule has 0 fully saturated rings. The van der Waals surface area contributed by atoms with E-state index in [1.807, 2.05) is 54.6 Å². The van der Waals surface area contributed by atoms with Crippen LogP contribution < -0.4 is 21.3 Å². The van der Waals surface area contributed by atoms with Gasteiger partial charge in [0.2, 0.25) is 0 Å². The van der Waals surface area contributed by atoms with E-state index in [1.54, 1.807) is 0 Å². The summed E-state index contributed by atoms with van der Waals surface area (Å²) in [7, 11) is 0. The molecule has 0 radical (unpaired) electrons. The molecule has 0 saturated heterocycles. The third-order valence-corrected chi connectivity index (χ3v) is 5.73. The molecule has 1 atom stereocenters. The minimum absolute atomic E-state index is 0.0191. The number of carbonyl (C=O) groups is 1. The molecule has 0 amide bonds. The van der Waals surface area contributed by atoms with Crippen molar-refractivity contribution in [3.05, 3.63) is 103 Å². The first-order chi connectivity index (χ1) is 15.1. The number of H-pyrrole nitrogens is 2. The van der Waals surface area contributed by atoms with E-state index < -0.39 is 17.2 Å². The molecule has 3 N–H and O–H groups in total. The number of hydrogen-bond donors (Lipinski definition) is 3. The van der Waals surface area contributed by atoms with Crippen LogP contribution in [0.2, 0.25) is 0 Å². The van der Waals surface area contributed by atoms with E-state index in [0.717, 1.165) is 23.2 Å². The zero-order chi connectivity index (χ0) is 21.4. The van der Waals surface area contributed by atoms with Crippen LogP contribution in [0, 0.1) is 0 Å². The van der Waals surface area contributed by atoms with Crippen molar-refractivity contribution in [3.63, 3.8) is 0 Å². The molecule has 0 saturated carbocycles. The first-order valence-electron chi connectivity index (χ1n) is 10.3. The summed E-state index contributed by atoms with van der Waals surface area (Å²) in [5, 5.41) is 3.12. The van der Waals surface area contributed by atoms with Crippen LogP contribution in [0.3, 0.4) is 0 Å². The van der Waals surface area contributed by atoms with Gasteiger partial charge in [-0.3, -0.25) is 19.6 Å². The van der Waals surface area contributed by atoms with Crippen molar-refractivity contribution in [1.82, 2.24) is 9.97 Å². The second-order valence-corrected chi connectivity index (χ2v) is 7.77. The molecule has 0 unspecified atom stereocenters. The van der Waals surface area contributed by atoms with Crippen LogP contribution in [0.4, 0.5) is 5.82 Å². The van der Waals surface area contributed by atoms with E-state index in [0.29, 0.717) is 42.2 Å². The van der Waals surface area contributed by atoms with E-state index in [1.165, 1.54) is 0 Å². The smallest absolute Gasteiger partial charge is 0.327 e. The summed E-state index contributed by atoms with van der Waals surface area (Å²) >= 11 is 0. The maximum Gasteiger partial charge on any atom is 0.327 e. The molecule has 5 rings (SSSR count). The Hall–Kier alpha value is -3.87. The van der Waals surface area contributed by atoms with Crippen molar-refractivity contribution in [2.24, 2.45) is 0 Å². The molecule has 2 aromatic carbocycles. The third-order valence-electron chi connectivity index (χ3n) is 5.73. The Balaban J connectivity index is 1.58. The molecular formula is C24H21N3O4. The largest absolute Gasteiger partial charge is 0.489 e. The molecule has 2 heterocycles. The number of hydrogen-bond acceptors (Lipinski definition) is 5. The Labute approximate surface area is 177 Å². The highest BCUT2D eigenvalue weighted by atomic mass is 16.5. The second-order valence-electron chi connectivity index (χ2n) is 7.77. The van der Waals surface area contributed by atoms with Gasteiger partial charge in [0.05, 0.1) is 5.56 Å². The number of anilines is 1. The Bertz CT molecular complexity index is 1300. The highest BCUT2D eigenvalue weighted by molar-refractivity contribution is 6.00. The van der Waals surface area contributed by atoms with Gasteiger partial charge in [0.1, 0.15) is 18.2 Å². The van der Waals surface area contributed by atoms with Gasteiger partial charge in [0, 0.05) is 23.6 Å². The monoisotopic (exact) mass is 415 g/mol. The normalized spacial score (nSPS) is 17.5. The molecule has 1 aliphatic carbocycles. The van der Waals surface area contributed by atoms with Crippen LogP contribution in [-0.2, 0) is 11.4 Å². The summed E-state index contributed by atoms with van der Waals surface area (Å²) in [5.74, 6) is 0.445. The van der Waals surface area contributed by atoms with Crippen molar-refractivity contribution in [2.45, 2.75) is 31.8 Å². The van der Waals surface area contributed by atoms with Crippen LogP contribution in [0.5, 0.6) is 5.75 Å². The van der Waals surface area contributed by atoms with Crippen LogP contribution in [-0.4, -0.2) is 15.8 Å². The summed E-state index contributed by atoms with van der Waals surface area (Å²) in [6.07, 6.45) is 1.87. The summed E-state index contributed by atoms with van der Waals surface area (Å²) in [6, 6.07) is 17.3. The minimum atomic E-state index is -0.582. The minimum Gasteiger partial charge on any atom is -0.489 e. The molecule has 3 aromatic rings. The van der Waals surface area contributed by atoms with Gasteiger partial charge in [-0.2, -0.15) is 0 Å². The summed E-state index contributed by atoms with van der Waals surface area (Å²) in [5.41, 5.74) is 2.43. The summed E-state index contributed by atoms with van der Waals surface area (Å²) < 4.78 is 5.96. The first kappa shape index (κ1) is 19.1. The van der Waals surface area contributed by atoms with E-state index in [-0.39, 0.29) is 5.78 Å². The van der Waals surface area contributed by atoms with Crippen LogP contribution >= 0.6 is 0 Å². The van der Waals surface area contributed by atoms with Crippen LogP contribution in [0.1, 0.15) is 41.9 Å². The van der Waals surface area contributed by atoms with Gasteiger partial charge >= 0.3 is 5.69 Å². The molecule has 0 spiro atoms. The van der Waals surface area contributed by atoms with Gasteiger partial charge in [0.25, 0.3) is 5.56 Å². The number of aromatic nitrogens is 2. The number of benzene rings is 2. The lowest BCUT2D eigenvalue weighted by molar-refractivity contribution is -0.116. The topological polar surface area (TPSA) is 104 Å². The van der Waals surface area contributed by atoms with Crippen molar-refractivity contribution >= 4 is 11.6 Å². The third kappa shape index (κ3) is 3.59. The number of allylic oxidation sites excluding steroid dienone is 2. The lowest BCUT2D eigenvalue weighted by atomic mass is 9.76. The molecule has 1 aromatic heterocycles. The van der Waals surface area contributed by atoms with E-state index in [4.69, 9.17) is 4.74 Å². The van der Waals surface area contributed by atoms with Crippen molar-refractivity contribution in [1.29, 1.82) is 0 Å². The molecular weight excluding hydrogens is 394 g/mol. The molecule has 31 heavy (non-hydrogen) atoms. The SMILES string of the molecule is O=C1CCCC2=C1[C@@H](c1cccc(OCc3ccccc3)c1)c1c([nH]c(=O)[nH]c1=O)N2. The Kier molecular flexibility index (Phi) is 4.78. The van der Waals surface area contributed by atoms with E-state index in [9.17, 15) is 14.4 Å². The summed E-state index contributed by atoms with van der Waals surface area (Å²) in [6.45, 7) is 0.411. The number of ether oxygens (including phenoxy) is 1. The molecule has 0 bridgehead atoms. The number of aromatic amines is 2. The zero-order valence-electron chi connectivity index (χ0n) is 16.7. The fourth-order valence-electron chi connectivity index (χ4n) is 4.35. The van der Waals surface area contributed by atoms with Gasteiger partial charge in [-0.15, -0.1) is 0 Å². The predicted molar refractivity (Wildman–Crippen MR) is 116 cm³/mol. The Morgan fingerprint density at radius 1 is 0.935 bits per heavy atom. The highest BCUT2D eigenvalue weighted by Crippen LogP contribution is 2.43. The van der Waals surface area contributed by atoms with Crippen molar-refractivity contribution < 1.29 is 9.53 Å². The number of fused-ring (bicyclic) bond motifs is 1. The fourth-order valence-corrected chi connectivity index (χ4v) is 4.35. The molecule has 156 valence electrons. The lowest BCUT2D eigenvalue weighted by Crippen LogP contribution is -2.36. The van der Waals surface area contributed by atoms with Crippen LogP contribution in [0.25, 0.3) is 0 Å². The average Bonchev–Trinajstić information content (AvgIpc) is 2.77. The highest BCUT2D eigenvalue weighted by Gasteiger charge is 2.37. The number of nitrogens with one attached hydrogen (secondary N) is 3. The zero-order valence-corrected chi connectivity index (χ0v) is 16.7. The second kappa shape index (κ2) is 7.75. The molecule has 7 heteroatoms. The van der Waals surface area contributed by atoms with Gasteiger partial charge in [-0.25, -0.2) is 4.79 Å². The Morgan fingerprint density at radius 2 is 1.77 bits per heavy atom. The maximum atomic E-state index is 12.9. The van der Waals surface area contributed by atoms with Crippen molar-refractivity contribution in [3.8, 4) is 5.75 Å². The summed E-state index contributed by atoms with van der Waals surface area (Å²) in [4.78, 5) is 42.5. The van der Waals surface area contributed by atoms with Gasteiger partial charge in [-0.1, -0.05) is 42.5 Å². The average molecular weight is 415 g/mol. The quantitative estimate of drug-likeness (QED) is 0.607. The standard InChI is InChI=1S/C24H21N3O4/c28-18-11-5-10-17-20(18)19(21-22(25-17)26-24(30)27-23(21)29)15-8-4-9-16(12-15)31-13-14-6-2-1-3-7-14/h1-4,6-9,12,19H,5,10-11,13H2,(H3,25,26,27,29,30)/t19-/m1/s1. The number of carbonyl (C=O) groups excluding carboxylic acids is 1.